The van der Waals surface area contributed by atoms with Crippen molar-refractivity contribution < 1.29 is 10.2 Å². The summed E-state index contributed by atoms with van der Waals surface area (Å²) in [5, 5.41) is 18.0. The van der Waals surface area contributed by atoms with E-state index in [1.54, 1.807) is 0 Å². The minimum Gasteiger partial charge on any atom is -0.390 e. The zero-order valence-corrected chi connectivity index (χ0v) is 8.55. The predicted molar refractivity (Wildman–Crippen MR) is 48.8 cm³/mol. The molecule has 0 aromatic rings. The lowest BCUT2D eigenvalue weighted by Crippen LogP contribution is -2.23. The van der Waals surface area contributed by atoms with Crippen LogP contribution in [0.1, 0.15) is 6.92 Å². The molecule has 0 aliphatic heterocycles. The van der Waals surface area contributed by atoms with Crippen LogP contribution >= 0.6 is 0 Å². The van der Waals surface area contributed by atoms with Crippen molar-refractivity contribution in [3.63, 3.8) is 0 Å². The van der Waals surface area contributed by atoms with E-state index in [2.05, 4.69) is 31.1 Å². The molecule has 0 aliphatic rings. The van der Waals surface area contributed by atoms with Gasteiger partial charge in [0.25, 0.3) is 0 Å². The fourth-order valence-electron chi connectivity index (χ4n) is 0.411. The van der Waals surface area contributed by atoms with Gasteiger partial charge in [0, 0.05) is 0 Å². The molecule has 2 atom stereocenters. The Labute approximate surface area is 69.3 Å². The summed E-state index contributed by atoms with van der Waals surface area (Å²) >= 11 is 0. The van der Waals surface area contributed by atoms with Crippen LogP contribution in [0.3, 0.4) is 0 Å². The average molecular weight is 172 g/mol. The SMILES string of the molecule is C[C@H](O)[C@H](O)C#C[Si](C)(C)C. The Hall–Kier alpha value is -0.303. The number of aliphatic hydroxyl groups is 2. The number of hydrogen-bond acceptors (Lipinski definition) is 2. The molecule has 0 saturated heterocycles. The van der Waals surface area contributed by atoms with E-state index in [0.29, 0.717) is 0 Å². The molecule has 0 unspecified atom stereocenters. The maximum Gasteiger partial charge on any atom is 0.139 e. The maximum absolute atomic E-state index is 9.09. The molecule has 0 spiro atoms. The Morgan fingerprint density at radius 2 is 1.64 bits per heavy atom. The van der Waals surface area contributed by atoms with Crippen molar-refractivity contribution in [2.45, 2.75) is 38.8 Å². The van der Waals surface area contributed by atoms with Gasteiger partial charge in [-0.1, -0.05) is 25.6 Å². The van der Waals surface area contributed by atoms with Gasteiger partial charge < -0.3 is 10.2 Å². The molecule has 0 bridgehead atoms. The highest BCUT2D eigenvalue weighted by molar-refractivity contribution is 6.83. The van der Waals surface area contributed by atoms with E-state index in [0.717, 1.165) is 0 Å². The largest absolute Gasteiger partial charge is 0.390 e. The second-order valence-electron chi connectivity index (χ2n) is 3.70. The predicted octanol–water partition coefficient (Wildman–Crippen LogP) is 0.609. The topological polar surface area (TPSA) is 40.5 Å². The van der Waals surface area contributed by atoms with Crippen molar-refractivity contribution in [2.24, 2.45) is 0 Å². The van der Waals surface area contributed by atoms with E-state index in [-0.39, 0.29) is 0 Å². The van der Waals surface area contributed by atoms with Crippen molar-refractivity contribution in [1.29, 1.82) is 0 Å². The first-order chi connectivity index (χ1) is 4.83. The van der Waals surface area contributed by atoms with E-state index in [4.69, 9.17) is 10.2 Å². The second kappa shape index (κ2) is 3.91. The van der Waals surface area contributed by atoms with Crippen LogP contribution in [0.15, 0.2) is 0 Å². The summed E-state index contributed by atoms with van der Waals surface area (Å²) < 4.78 is 0. The average Bonchev–Trinajstić information content (AvgIpc) is 1.80. The molecule has 0 radical (unpaired) electrons. The molecule has 0 fully saturated rings. The highest BCUT2D eigenvalue weighted by atomic mass is 28.3. The van der Waals surface area contributed by atoms with Gasteiger partial charge in [0.1, 0.15) is 14.2 Å². The normalized spacial score (nSPS) is 16.5. The molecular weight excluding hydrogens is 156 g/mol. The van der Waals surface area contributed by atoms with Gasteiger partial charge in [-0.25, -0.2) is 0 Å². The third kappa shape index (κ3) is 6.11. The lowest BCUT2D eigenvalue weighted by Gasteiger charge is -2.08. The monoisotopic (exact) mass is 172 g/mol. The van der Waals surface area contributed by atoms with Gasteiger partial charge in [-0.3, -0.25) is 0 Å². The standard InChI is InChI=1S/C8H16O2Si/c1-7(9)8(10)5-6-11(2,3)4/h7-10H,1-4H3/t7-,8+/m0/s1. The third-order valence-electron chi connectivity index (χ3n) is 1.05. The quantitative estimate of drug-likeness (QED) is 0.449. The summed E-state index contributed by atoms with van der Waals surface area (Å²) in [5.41, 5.74) is 2.98. The molecule has 0 aromatic carbocycles. The first-order valence-corrected chi connectivity index (χ1v) is 7.22. The summed E-state index contributed by atoms with van der Waals surface area (Å²) in [6.07, 6.45) is -1.64. The Bertz CT molecular complexity index is 171. The molecule has 0 heterocycles. The van der Waals surface area contributed by atoms with Crippen molar-refractivity contribution in [3.05, 3.63) is 0 Å². The lowest BCUT2D eigenvalue weighted by atomic mass is 10.2. The van der Waals surface area contributed by atoms with Crippen LogP contribution in [0.4, 0.5) is 0 Å². The van der Waals surface area contributed by atoms with Crippen molar-refractivity contribution in [1.82, 2.24) is 0 Å². The fourth-order valence-corrected chi connectivity index (χ4v) is 0.992. The summed E-state index contributed by atoms with van der Waals surface area (Å²) in [5.74, 6) is 2.64. The van der Waals surface area contributed by atoms with E-state index < -0.39 is 20.3 Å². The Kier molecular flexibility index (Phi) is 3.80. The molecule has 2 nitrogen and oxygen atoms in total. The molecule has 2 N–H and O–H groups in total. The zero-order valence-electron chi connectivity index (χ0n) is 7.55. The second-order valence-corrected chi connectivity index (χ2v) is 8.45. The van der Waals surface area contributed by atoms with Crippen molar-refractivity contribution in [3.8, 4) is 11.5 Å². The molecule has 3 heteroatoms. The van der Waals surface area contributed by atoms with Crippen LogP contribution in [-0.2, 0) is 0 Å². The lowest BCUT2D eigenvalue weighted by molar-refractivity contribution is 0.0678. The minimum atomic E-state index is -1.40. The molecule has 0 rings (SSSR count). The van der Waals surface area contributed by atoms with Crippen LogP contribution < -0.4 is 0 Å². The van der Waals surface area contributed by atoms with Crippen molar-refractivity contribution in [2.75, 3.05) is 0 Å². The summed E-state index contributed by atoms with van der Waals surface area (Å²) in [6, 6.07) is 0. The molecule has 0 amide bonds. The van der Waals surface area contributed by atoms with E-state index in [9.17, 15) is 0 Å². The first kappa shape index (κ1) is 10.7. The summed E-state index contributed by atoms with van der Waals surface area (Å²) in [6.45, 7) is 7.81. The Morgan fingerprint density at radius 1 is 1.18 bits per heavy atom. The van der Waals surface area contributed by atoms with Crippen LogP contribution in [0.5, 0.6) is 0 Å². The molecule has 0 saturated carbocycles. The number of aliphatic hydroxyl groups excluding tert-OH is 2. The van der Waals surface area contributed by atoms with Gasteiger partial charge in [0.05, 0.1) is 6.10 Å². The summed E-state index contributed by atoms with van der Waals surface area (Å²) in [7, 11) is -1.40. The molecule has 0 aliphatic carbocycles. The smallest absolute Gasteiger partial charge is 0.139 e. The van der Waals surface area contributed by atoms with Gasteiger partial charge in [0.15, 0.2) is 0 Å². The minimum absolute atomic E-state index is 0.751. The maximum atomic E-state index is 9.09. The van der Waals surface area contributed by atoms with Crippen LogP contribution in [0, 0.1) is 11.5 Å². The van der Waals surface area contributed by atoms with Gasteiger partial charge in [-0.05, 0) is 6.92 Å². The van der Waals surface area contributed by atoms with Crippen molar-refractivity contribution >= 4 is 8.07 Å². The molecule has 0 aromatic heterocycles. The highest BCUT2D eigenvalue weighted by Crippen LogP contribution is 1.97. The summed E-state index contributed by atoms with van der Waals surface area (Å²) in [4.78, 5) is 0. The van der Waals surface area contributed by atoms with E-state index in [1.165, 1.54) is 6.92 Å². The Balaban J connectivity index is 4.08. The fraction of sp³-hybridized carbons (Fsp3) is 0.750. The molecule has 64 valence electrons. The number of rotatable bonds is 1. The number of hydrogen-bond donors (Lipinski definition) is 2. The third-order valence-corrected chi connectivity index (χ3v) is 1.95. The van der Waals surface area contributed by atoms with Gasteiger partial charge in [-0.15, -0.1) is 5.54 Å². The first-order valence-electron chi connectivity index (χ1n) is 3.72. The highest BCUT2D eigenvalue weighted by Gasteiger charge is 2.10. The van der Waals surface area contributed by atoms with E-state index in [1.807, 2.05) is 0 Å². The van der Waals surface area contributed by atoms with Gasteiger partial charge >= 0.3 is 0 Å². The van der Waals surface area contributed by atoms with Gasteiger partial charge in [0.2, 0.25) is 0 Å². The Morgan fingerprint density at radius 3 is 1.91 bits per heavy atom. The van der Waals surface area contributed by atoms with E-state index >= 15 is 0 Å². The molecular formula is C8H16O2Si. The van der Waals surface area contributed by atoms with Crippen LogP contribution in [0.2, 0.25) is 19.6 Å². The zero-order chi connectivity index (χ0) is 9.07. The van der Waals surface area contributed by atoms with Crippen LogP contribution in [-0.4, -0.2) is 30.5 Å². The molecule has 11 heavy (non-hydrogen) atoms. The van der Waals surface area contributed by atoms with Crippen LogP contribution in [0.25, 0.3) is 0 Å². The van der Waals surface area contributed by atoms with Gasteiger partial charge in [-0.2, -0.15) is 0 Å².